The zero-order valence-electron chi connectivity index (χ0n) is 8.89. The van der Waals surface area contributed by atoms with Crippen LogP contribution in [0, 0.1) is 0 Å². The first-order chi connectivity index (χ1) is 7.92. The fraction of sp³-hybridized carbons (Fsp3) is 0.333. The molecule has 1 N–H and O–H groups in total. The lowest BCUT2D eigenvalue weighted by Crippen LogP contribution is -1.99. The summed E-state index contributed by atoms with van der Waals surface area (Å²) in [7, 11) is 0. The van der Waals surface area contributed by atoms with Crippen LogP contribution in [0.25, 0.3) is 0 Å². The number of aromatic nitrogens is 2. The van der Waals surface area contributed by atoms with Gasteiger partial charge in [-0.15, -0.1) is 11.3 Å². The number of anilines is 1. The number of nitrogens with zero attached hydrogens (tertiary/aromatic N) is 2. The van der Waals surface area contributed by atoms with Gasteiger partial charge in [-0.3, -0.25) is 4.98 Å². The number of nitrogens with one attached hydrogen (secondary N) is 1. The van der Waals surface area contributed by atoms with Gasteiger partial charge in [-0.1, -0.05) is 0 Å². The van der Waals surface area contributed by atoms with Crippen molar-refractivity contribution in [3.8, 4) is 0 Å². The lowest BCUT2D eigenvalue weighted by molar-refractivity contribution is 1.00. The molecule has 2 aromatic rings. The zero-order valence-corrected chi connectivity index (χ0v) is 9.70. The summed E-state index contributed by atoms with van der Waals surface area (Å²) in [6, 6.07) is 3.94. The molecule has 0 spiro atoms. The van der Waals surface area contributed by atoms with E-state index in [-0.39, 0.29) is 0 Å². The van der Waals surface area contributed by atoms with Crippen molar-refractivity contribution in [2.24, 2.45) is 0 Å². The number of thiazole rings is 1. The average molecular weight is 231 g/mol. The van der Waals surface area contributed by atoms with Crippen LogP contribution in [0.1, 0.15) is 29.5 Å². The summed E-state index contributed by atoms with van der Waals surface area (Å²) in [4.78, 5) is 8.68. The normalized spacial score (nSPS) is 15.0. The van der Waals surface area contributed by atoms with Gasteiger partial charge in [0, 0.05) is 23.7 Å². The van der Waals surface area contributed by atoms with E-state index in [1.165, 1.54) is 17.8 Å². The second kappa shape index (κ2) is 4.22. The predicted octanol–water partition coefficient (Wildman–Crippen LogP) is 3.03. The second-order valence-electron chi connectivity index (χ2n) is 4.05. The van der Waals surface area contributed by atoms with Crippen molar-refractivity contribution in [1.82, 2.24) is 9.97 Å². The molecule has 0 atom stereocenters. The number of hydrogen-bond acceptors (Lipinski definition) is 4. The average Bonchev–Trinajstić information content (AvgIpc) is 3.08. The molecular formula is C12H13N3S. The third-order valence-electron chi connectivity index (χ3n) is 2.63. The Balaban J connectivity index is 1.61. The molecule has 0 saturated heterocycles. The van der Waals surface area contributed by atoms with E-state index in [1.807, 2.05) is 18.3 Å². The minimum Gasteiger partial charge on any atom is -0.378 e. The Morgan fingerprint density at radius 3 is 3.12 bits per heavy atom. The number of hydrogen-bond donors (Lipinski definition) is 1. The van der Waals surface area contributed by atoms with Gasteiger partial charge in [0.05, 0.1) is 22.9 Å². The Morgan fingerprint density at radius 1 is 1.44 bits per heavy atom. The molecular weight excluding hydrogens is 218 g/mol. The first kappa shape index (κ1) is 9.78. The minimum absolute atomic E-state index is 0.761. The fourth-order valence-corrected chi connectivity index (χ4v) is 2.57. The van der Waals surface area contributed by atoms with E-state index in [0.717, 1.165) is 23.8 Å². The van der Waals surface area contributed by atoms with Gasteiger partial charge in [0.15, 0.2) is 0 Å². The van der Waals surface area contributed by atoms with Crippen molar-refractivity contribution in [3.63, 3.8) is 0 Å². The molecule has 16 heavy (non-hydrogen) atoms. The summed E-state index contributed by atoms with van der Waals surface area (Å²) < 4.78 is 0. The summed E-state index contributed by atoms with van der Waals surface area (Å²) in [5.74, 6) is 0.761. The van der Waals surface area contributed by atoms with Gasteiger partial charge in [0.25, 0.3) is 0 Å². The third-order valence-corrected chi connectivity index (χ3v) is 3.69. The van der Waals surface area contributed by atoms with Gasteiger partial charge < -0.3 is 5.32 Å². The van der Waals surface area contributed by atoms with Gasteiger partial charge in [-0.2, -0.15) is 0 Å². The van der Waals surface area contributed by atoms with E-state index < -0.39 is 0 Å². The molecule has 4 heteroatoms. The largest absolute Gasteiger partial charge is 0.378 e. The third kappa shape index (κ3) is 2.22. The van der Waals surface area contributed by atoms with Gasteiger partial charge in [0.1, 0.15) is 0 Å². The quantitative estimate of drug-likeness (QED) is 0.879. The maximum atomic E-state index is 4.62. The smallest absolute Gasteiger partial charge is 0.0960 e. The molecule has 1 saturated carbocycles. The lowest BCUT2D eigenvalue weighted by Gasteiger charge is -2.02. The lowest BCUT2D eigenvalue weighted by atomic mass is 10.4. The Bertz CT molecular complexity index is 462. The van der Waals surface area contributed by atoms with Crippen LogP contribution in [-0.4, -0.2) is 9.97 Å². The van der Waals surface area contributed by atoms with Crippen LogP contribution in [0.5, 0.6) is 0 Å². The summed E-state index contributed by atoms with van der Waals surface area (Å²) in [6.45, 7) is 0.787. The van der Waals surface area contributed by atoms with Crippen LogP contribution < -0.4 is 5.32 Å². The Kier molecular flexibility index (Phi) is 2.58. The van der Waals surface area contributed by atoms with Crippen LogP contribution >= 0.6 is 11.3 Å². The molecule has 82 valence electrons. The molecule has 2 heterocycles. The van der Waals surface area contributed by atoms with E-state index in [9.17, 15) is 0 Å². The molecule has 0 amide bonds. The van der Waals surface area contributed by atoms with Crippen molar-refractivity contribution < 1.29 is 0 Å². The first-order valence-electron chi connectivity index (χ1n) is 5.50. The first-order valence-corrected chi connectivity index (χ1v) is 6.38. The molecule has 0 aromatic carbocycles. The summed E-state index contributed by atoms with van der Waals surface area (Å²) >= 11 is 1.79. The van der Waals surface area contributed by atoms with E-state index in [2.05, 4.69) is 20.7 Å². The Labute approximate surface area is 98.6 Å². The molecule has 1 aliphatic rings. The molecule has 1 fully saturated rings. The fourth-order valence-electron chi connectivity index (χ4n) is 1.58. The highest BCUT2D eigenvalue weighted by molar-refractivity contribution is 7.09. The van der Waals surface area contributed by atoms with Gasteiger partial charge in [-0.05, 0) is 25.0 Å². The Morgan fingerprint density at radius 2 is 2.38 bits per heavy atom. The van der Waals surface area contributed by atoms with Crippen molar-refractivity contribution in [1.29, 1.82) is 0 Å². The van der Waals surface area contributed by atoms with Crippen LogP contribution in [-0.2, 0) is 6.54 Å². The van der Waals surface area contributed by atoms with E-state index in [1.54, 1.807) is 17.5 Å². The highest BCUT2D eigenvalue weighted by Crippen LogP contribution is 2.41. The van der Waals surface area contributed by atoms with Crippen molar-refractivity contribution in [2.75, 3.05) is 5.32 Å². The van der Waals surface area contributed by atoms with Crippen molar-refractivity contribution in [2.45, 2.75) is 25.3 Å². The highest BCUT2D eigenvalue weighted by atomic mass is 32.1. The SMILES string of the molecule is c1cncc(NCc2csc(C3CC3)n2)c1. The molecule has 0 aliphatic heterocycles. The molecule has 3 nitrogen and oxygen atoms in total. The van der Waals surface area contributed by atoms with E-state index in [4.69, 9.17) is 0 Å². The topological polar surface area (TPSA) is 37.8 Å². The van der Waals surface area contributed by atoms with Crippen LogP contribution in [0.3, 0.4) is 0 Å². The van der Waals surface area contributed by atoms with Crippen molar-refractivity contribution >= 4 is 17.0 Å². The number of rotatable bonds is 4. The van der Waals surface area contributed by atoms with Gasteiger partial charge >= 0.3 is 0 Å². The standard InChI is InChI=1S/C12H13N3S/c1-2-10(6-13-5-1)14-7-11-8-16-12(15-11)9-3-4-9/h1-2,5-6,8-9,14H,3-4,7H2. The molecule has 3 rings (SSSR count). The Hall–Kier alpha value is -1.42. The van der Waals surface area contributed by atoms with Crippen LogP contribution in [0.2, 0.25) is 0 Å². The second-order valence-corrected chi connectivity index (χ2v) is 4.94. The summed E-state index contributed by atoms with van der Waals surface area (Å²) in [5, 5.41) is 6.77. The van der Waals surface area contributed by atoms with Crippen LogP contribution in [0.4, 0.5) is 5.69 Å². The molecule has 1 aliphatic carbocycles. The van der Waals surface area contributed by atoms with Crippen molar-refractivity contribution in [3.05, 3.63) is 40.6 Å². The maximum absolute atomic E-state index is 4.62. The maximum Gasteiger partial charge on any atom is 0.0960 e. The molecule has 0 radical (unpaired) electrons. The van der Waals surface area contributed by atoms with Crippen LogP contribution in [0.15, 0.2) is 29.9 Å². The van der Waals surface area contributed by atoms with Gasteiger partial charge in [-0.25, -0.2) is 4.98 Å². The minimum atomic E-state index is 0.761. The molecule has 2 aromatic heterocycles. The predicted molar refractivity (Wildman–Crippen MR) is 65.7 cm³/mol. The van der Waals surface area contributed by atoms with Gasteiger partial charge in [0.2, 0.25) is 0 Å². The monoisotopic (exact) mass is 231 g/mol. The van der Waals surface area contributed by atoms with E-state index >= 15 is 0 Å². The highest BCUT2D eigenvalue weighted by Gasteiger charge is 2.26. The number of pyridine rings is 1. The molecule has 0 unspecified atom stereocenters. The summed E-state index contributed by atoms with van der Waals surface area (Å²) in [5.41, 5.74) is 2.18. The summed E-state index contributed by atoms with van der Waals surface area (Å²) in [6.07, 6.45) is 6.25. The zero-order chi connectivity index (χ0) is 10.8. The molecule has 0 bridgehead atoms. The van der Waals surface area contributed by atoms with E-state index in [0.29, 0.717) is 0 Å².